The van der Waals surface area contributed by atoms with Crippen LogP contribution in [0.2, 0.25) is 0 Å². The number of nitrogens with two attached hydrogens (primary N) is 1. The summed E-state index contributed by atoms with van der Waals surface area (Å²) < 4.78 is 55.1. The van der Waals surface area contributed by atoms with Gasteiger partial charge in [0.2, 0.25) is 0 Å². The second kappa shape index (κ2) is 8.88. The minimum Gasteiger partial charge on any atom is -0.383 e. The average molecular weight is 502 g/mol. The number of nitrogens with zero attached hydrogens (tertiary/aromatic N) is 3. The average Bonchev–Trinajstić information content (AvgIpc) is 3.07. The van der Waals surface area contributed by atoms with Gasteiger partial charge in [-0.05, 0) is 68.7 Å². The molecule has 1 aliphatic heterocycles. The van der Waals surface area contributed by atoms with Crippen LogP contribution in [0.25, 0.3) is 11.3 Å². The number of amides is 1. The molecule has 2 aromatic heterocycles. The summed E-state index contributed by atoms with van der Waals surface area (Å²) in [6.07, 6.45) is 2.17. The summed E-state index contributed by atoms with van der Waals surface area (Å²) in [6, 6.07) is 8.94. The van der Waals surface area contributed by atoms with Crippen molar-refractivity contribution in [3.05, 3.63) is 65.9 Å². The topological polar surface area (TPSA) is 118 Å². The van der Waals surface area contributed by atoms with E-state index in [1.165, 1.54) is 36.5 Å². The maximum absolute atomic E-state index is 13.9. The maximum atomic E-state index is 13.9. The highest BCUT2D eigenvalue weighted by molar-refractivity contribution is 7.90. The van der Waals surface area contributed by atoms with Crippen molar-refractivity contribution in [1.29, 1.82) is 0 Å². The molecule has 184 valence electrons. The quantitative estimate of drug-likeness (QED) is 0.547. The van der Waals surface area contributed by atoms with Crippen molar-refractivity contribution in [2.75, 3.05) is 17.2 Å². The summed E-state index contributed by atoms with van der Waals surface area (Å²) in [5.74, 6) is -2.65. The van der Waals surface area contributed by atoms with Gasteiger partial charge in [0.25, 0.3) is 15.9 Å². The first kappa shape index (κ1) is 24.5. The van der Waals surface area contributed by atoms with Crippen LogP contribution in [-0.2, 0) is 10.0 Å². The van der Waals surface area contributed by atoms with Gasteiger partial charge in [0, 0.05) is 23.8 Å². The molecule has 0 aliphatic carbocycles. The third-order valence-corrected chi connectivity index (χ3v) is 7.97. The molecule has 1 saturated heterocycles. The molecule has 0 spiro atoms. The summed E-state index contributed by atoms with van der Waals surface area (Å²) in [6.45, 7) is 6.66. The van der Waals surface area contributed by atoms with Crippen molar-refractivity contribution in [2.24, 2.45) is 5.92 Å². The number of rotatable bonds is 5. The van der Waals surface area contributed by atoms with Gasteiger partial charge in [-0.1, -0.05) is 6.92 Å². The summed E-state index contributed by atoms with van der Waals surface area (Å²) in [5, 5.41) is 0. The lowest BCUT2D eigenvalue weighted by atomic mass is 9.90. The lowest BCUT2D eigenvalue weighted by Gasteiger charge is -2.36. The summed E-state index contributed by atoms with van der Waals surface area (Å²) in [7, 11) is -4.32. The van der Waals surface area contributed by atoms with Gasteiger partial charge in [0.05, 0.1) is 11.3 Å². The molecule has 11 heteroatoms. The molecule has 0 bridgehead atoms. The van der Waals surface area contributed by atoms with Crippen LogP contribution >= 0.6 is 0 Å². The van der Waals surface area contributed by atoms with Gasteiger partial charge in [-0.3, -0.25) is 4.79 Å². The number of carbonyl (C=O) groups excluding carboxylic acids is 1. The Kier molecular flexibility index (Phi) is 6.22. The van der Waals surface area contributed by atoms with Gasteiger partial charge < -0.3 is 10.6 Å². The number of nitrogen functional groups attached to an aromatic ring is 1. The number of aromatic nitrogens is 2. The first-order valence-corrected chi connectivity index (χ1v) is 12.4. The van der Waals surface area contributed by atoms with Gasteiger partial charge in [-0.2, -0.15) is 0 Å². The first-order chi connectivity index (χ1) is 16.4. The van der Waals surface area contributed by atoms with Crippen LogP contribution in [0.1, 0.15) is 37.6 Å². The van der Waals surface area contributed by atoms with E-state index >= 15 is 0 Å². The number of pyridine rings is 2. The predicted octanol–water partition coefficient (Wildman–Crippen LogP) is 3.75. The van der Waals surface area contributed by atoms with Gasteiger partial charge in [-0.15, -0.1) is 0 Å². The van der Waals surface area contributed by atoms with E-state index in [4.69, 9.17) is 5.73 Å². The molecular weight excluding hydrogens is 476 g/mol. The second-order valence-electron chi connectivity index (χ2n) is 9.01. The van der Waals surface area contributed by atoms with Crippen molar-refractivity contribution in [1.82, 2.24) is 14.7 Å². The molecule has 3 heterocycles. The smallest absolute Gasteiger partial charge is 0.268 e. The third kappa shape index (κ3) is 4.55. The zero-order valence-corrected chi connectivity index (χ0v) is 20.2. The Hall–Kier alpha value is -3.60. The minimum atomic E-state index is -4.32. The van der Waals surface area contributed by atoms with E-state index in [-0.39, 0.29) is 28.0 Å². The van der Waals surface area contributed by atoms with Gasteiger partial charge in [0.15, 0.2) is 11.6 Å². The second-order valence-corrected chi connectivity index (χ2v) is 10.7. The molecule has 35 heavy (non-hydrogen) atoms. The van der Waals surface area contributed by atoms with Crippen LogP contribution in [-0.4, -0.2) is 36.4 Å². The lowest BCUT2D eigenvalue weighted by Crippen LogP contribution is -2.43. The van der Waals surface area contributed by atoms with Crippen molar-refractivity contribution >= 4 is 27.6 Å². The highest BCUT2D eigenvalue weighted by Crippen LogP contribution is 2.39. The first-order valence-electron chi connectivity index (χ1n) is 10.9. The molecule has 3 aromatic rings. The summed E-state index contributed by atoms with van der Waals surface area (Å²) in [5.41, 5.74) is 5.93. The lowest BCUT2D eigenvalue weighted by molar-refractivity contribution is 0.0981. The molecule has 1 fully saturated rings. The van der Waals surface area contributed by atoms with Crippen LogP contribution in [0.15, 0.2) is 53.6 Å². The normalized spacial score (nSPS) is 17.4. The Balaban J connectivity index is 1.79. The van der Waals surface area contributed by atoms with Gasteiger partial charge >= 0.3 is 0 Å². The zero-order valence-electron chi connectivity index (χ0n) is 19.4. The molecule has 1 atom stereocenters. The molecule has 1 unspecified atom stereocenters. The van der Waals surface area contributed by atoms with Crippen molar-refractivity contribution < 1.29 is 22.0 Å². The highest BCUT2D eigenvalue weighted by Gasteiger charge is 2.41. The van der Waals surface area contributed by atoms with Gasteiger partial charge in [-0.25, -0.2) is 31.9 Å². The predicted molar refractivity (Wildman–Crippen MR) is 128 cm³/mol. The molecular formula is C24H25F2N5O3S. The summed E-state index contributed by atoms with van der Waals surface area (Å²) in [4.78, 5) is 23.2. The number of anilines is 2. The molecule has 3 N–H and O–H groups in total. The number of hydrogen-bond donors (Lipinski definition) is 2. The molecule has 1 amide bonds. The standard InChI is InChI=1S/C24H25F2N5O3S/c1-14-10-12-31(24(14,2)3)22-16(7-9-19(29-22)15-6-8-17(25)18(26)13-15)23(32)30-35(33,34)20-5-4-11-28-21(20)27/h4-9,11,13-14H,10,12H2,1-3H3,(H2,27,28)(H,30,32). The fourth-order valence-corrected chi connectivity index (χ4v) is 5.17. The van der Waals surface area contributed by atoms with Crippen LogP contribution < -0.4 is 15.4 Å². The van der Waals surface area contributed by atoms with Crippen molar-refractivity contribution in [2.45, 2.75) is 37.6 Å². The summed E-state index contributed by atoms with van der Waals surface area (Å²) >= 11 is 0. The van der Waals surface area contributed by atoms with Crippen molar-refractivity contribution in [3.8, 4) is 11.3 Å². The molecule has 1 aromatic carbocycles. The van der Waals surface area contributed by atoms with Crippen LogP contribution in [0.5, 0.6) is 0 Å². The molecule has 0 radical (unpaired) electrons. The minimum absolute atomic E-state index is 0.0181. The molecule has 4 rings (SSSR count). The number of sulfonamides is 1. The van der Waals surface area contributed by atoms with E-state index in [2.05, 4.69) is 16.9 Å². The third-order valence-electron chi connectivity index (χ3n) is 6.59. The Morgan fingerprint density at radius 1 is 1.17 bits per heavy atom. The number of nitrogens with one attached hydrogen (secondary N) is 1. The van der Waals surface area contributed by atoms with Crippen LogP contribution in [0, 0.1) is 17.6 Å². The molecule has 0 saturated carbocycles. The van der Waals surface area contributed by atoms with Crippen LogP contribution in [0.3, 0.4) is 0 Å². The van der Waals surface area contributed by atoms with Crippen molar-refractivity contribution in [3.63, 3.8) is 0 Å². The Bertz CT molecular complexity index is 1410. The fourth-order valence-electron chi connectivity index (χ4n) is 4.12. The SMILES string of the molecule is CC1CCN(c2nc(-c3ccc(F)c(F)c3)ccc2C(=O)NS(=O)(=O)c2cccnc2N)C1(C)C. The van der Waals surface area contributed by atoms with E-state index in [1.54, 1.807) is 0 Å². The number of halogens is 2. The Morgan fingerprint density at radius 3 is 2.54 bits per heavy atom. The largest absolute Gasteiger partial charge is 0.383 e. The van der Waals surface area contributed by atoms with Crippen LogP contribution in [0.4, 0.5) is 20.4 Å². The number of hydrogen-bond acceptors (Lipinski definition) is 7. The van der Waals surface area contributed by atoms with E-state index < -0.39 is 33.1 Å². The Labute approximate surface area is 202 Å². The number of carbonyl (C=O) groups is 1. The fraction of sp³-hybridized carbons (Fsp3) is 0.292. The Morgan fingerprint density at radius 2 is 1.91 bits per heavy atom. The van der Waals surface area contributed by atoms with E-state index in [0.29, 0.717) is 17.8 Å². The van der Waals surface area contributed by atoms with E-state index in [1.807, 2.05) is 23.5 Å². The molecule has 8 nitrogen and oxygen atoms in total. The maximum Gasteiger partial charge on any atom is 0.268 e. The monoisotopic (exact) mass is 501 g/mol. The van der Waals surface area contributed by atoms with E-state index in [9.17, 15) is 22.0 Å². The van der Waals surface area contributed by atoms with Gasteiger partial charge in [0.1, 0.15) is 16.5 Å². The zero-order chi connectivity index (χ0) is 25.5. The highest BCUT2D eigenvalue weighted by atomic mass is 32.2. The van der Waals surface area contributed by atoms with E-state index in [0.717, 1.165) is 18.6 Å². The molecule has 1 aliphatic rings. The number of benzene rings is 1.